The van der Waals surface area contributed by atoms with Crippen molar-refractivity contribution in [1.82, 2.24) is 9.55 Å². The lowest BCUT2D eigenvalue weighted by Gasteiger charge is -2.34. The van der Waals surface area contributed by atoms with Gasteiger partial charge in [0, 0.05) is 12.2 Å². The molecule has 4 rings (SSSR count). The van der Waals surface area contributed by atoms with E-state index < -0.39 is 0 Å². The van der Waals surface area contributed by atoms with Crippen molar-refractivity contribution in [1.29, 1.82) is 0 Å². The van der Waals surface area contributed by atoms with Gasteiger partial charge < -0.3 is 4.90 Å². The maximum atomic E-state index is 13.7. The Morgan fingerprint density at radius 2 is 2.00 bits per heavy atom. The van der Waals surface area contributed by atoms with Crippen LogP contribution in [0.5, 0.6) is 0 Å². The molecule has 0 saturated heterocycles. The highest BCUT2D eigenvalue weighted by Gasteiger charge is 2.33. The number of nitrogens with zero attached hydrogens (tertiary/aromatic N) is 2. The van der Waals surface area contributed by atoms with E-state index in [0.717, 1.165) is 59.0 Å². The molecule has 1 N–H and O–H groups in total. The first-order chi connectivity index (χ1) is 14.4. The maximum absolute atomic E-state index is 13.7. The number of nitrogens with one attached hydrogen (secondary N) is 1. The van der Waals surface area contributed by atoms with Gasteiger partial charge in [-0.2, -0.15) is 0 Å². The minimum absolute atomic E-state index is 0.138. The molecule has 2 aromatic heterocycles. The molecule has 0 saturated carbocycles. The topological polar surface area (TPSA) is 39.3 Å². The van der Waals surface area contributed by atoms with Gasteiger partial charge in [0.05, 0.1) is 28.9 Å². The Balaban J connectivity index is 1.79. The average Bonchev–Trinajstić information content (AvgIpc) is 3.08. The second-order valence-electron chi connectivity index (χ2n) is 9.19. The van der Waals surface area contributed by atoms with Gasteiger partial charge in [-0.25, -0.2) is 4.98 Å². The van der Waals surface area contributed by atoms with Crippen molar-refractivity contribution < 1.29 is 4.90 Å². The van der Waals surface area contributed by atoms with Crippen LogP contribution in [0.2, 0.25) is 0 Å². The van der Waals surface area contributed by atoms with Crippen LogP contribution in [-0.2, 0) is 19.5 Å². The predicted molar refractivity (Wildman–Crippen MR) is 128 cm³/mol. The Morgan fingerprint density at radius 1 is 1.23 bits per heavy atom. The highest BCUT2D eigenvalue weighted by molar-refractivity contribution is 7.99. The summed E-state index contributed by atoms with van der Waals surface area (Å²) in [5.41, 5.74) is 2.76. The second kappa shape index (κ2) is 8.85. The van der Waals surface area contributed by atoms with Crippen LogP contribution < -0.4 is 10.5 Å². The maximum Gasteiger partial charge on any atom is 0.263 e. The Morgan fingerprint density at radius 3 is 2.70 bits per heavy atom. The van der Waals surface area contributed by atoms with Crippen molar-refractivity contribution in [3.8, 4) is 0 Å². The molecule has 1 unspecified atom stereocenters. The molecule has 30 heavy (non-hydrogen) atoms. The first-order valence-corrected chi connectivity index (χ1v) is 12.8. The summed E-state index contributed by atoms with van der Waals surface area (Å²) in [6.45, 7) is 11.8. The smallest absolute Gasteiger partial charge is 0.263 e. The summed E-state index contributed by atoms with van der Waals surface area (Å²) in [7, 11) is 0. The van der Waals surface area contributed by atoms with Gasteiger partial charge in [0.1, 0.15) is 11.4 Å². The van der Waals surface area contributed by atoms with E-state index in [4.69, 9.17) is 4.98 Å². The summed E-state index contributed by atoms with van der Waals surface area (Å²) in [5, 5.41) is 1.74. The van der Waals surface area contributed by atoms with Crippen molar-refractivity contribution in [2.75, 3.05) is 12.3 Å². The molecule has 3 heterocycles. The number of quaternary nitrogens is 1. The van der Waals surface area contributed by atoms with E-state index in [1.54, 1.807) is 28.0 Å². The number of aromatic nitrogens is 2. The molecule has 1 atom stereocenters. The largest absolute Gasteiger partial charge is 0.326 e. The lowest BCUT2D eigenvalue weighted by atomic mass is 9.99. The molecule has 4 nitrogen and oxygen atoms in total. The molecule has 1 aliphatic rings. The Kier molecular flexibility index (Phi) is 6.37. The summed E-state index contributed by atoms with van der Waals surface area (Å²) >= 11 is 3.47. The van der Waals surface area contributed by atoms with Crippen LogP contribution in [0.3, 0.4) is 0 Å². The zero-order chi connectivity index (χ0) is 21.3. The van der Waals surface area contributed by atoms with Crippen molar-refractivity contribution in [2.45, 2.75) is 70.7 Å². The van der Waals surface area contributed by atoms with E-state index in [1.807, 2.05) is 22.8 Å². The van der Waals surface area contributed by atoms with Crippen LogP contribution in [0.25, 0.3) is 10.2 Å². The average molecular weight is 443 g/mol. The Hall–Kier alpha value is -1.63. The zero-order valence-corrected chi connectivity index (χ0v) is 20.1. The standard InChI is InChI=1S/C24H31N3OS2/c1-5-6-14-29-23-25-21-20(22(28)27(23)15-17-10-8-7-9-11-17)18-12-13-26(24(2,3)4)16-19(18)30-21/h7-11H,5-6,12-16H2,1-4H3/p+1. The van der Waals surface area contributed by atoms with Gasteiger partial charge in [-0.1, -0.05) is 55.4 Å². The first-order valence-electron chi connectivity index (χ1n) is 11.0. The van der Waals surface area contributed by atoms with Crippen molar-refractivity contribution >= 4 is 33.3 Å². The molecule has 0 radical (unpaired) electrons. The summed E-state index contributed by atoms with van der Waals surface area (Å²) in [5.74, 6) is 0.996. The van der Waals surface area contributed by atoms with Gasteiger partial charge in [-0.15, -0.1) is 11.3 Å². The Bertz CT molecular complexity index is 1080. The van der Waals surface area contributed by atoms with Crippen molar-refractivity contribution in [3.63, 3.8) is 0 Å². The third-order valence-electron chi connectivity index (χ3n) is 5.98. The van der Waals surface area contributed by atoms with E-state index in [-0.39, 0.29) is 11.1 Å². The molecule has 1 aromatic carbocycles. The molecule has 0 bridgehead atoms. The van der Waals surface area contributed by atoms with Crippen LogP contribution in [0.1, 0.15) is 56.5 Å². The first kappa shape index (κ1) is 21.6. The Labute approximate surface area is 187 Å². The van der Waals surface area contributed by atoms with Gasteiger partial charge in [0.25, 0.3) is 5.56 Å². The fourth-order valence-corrected chi connectivity index (χ4v) is 6.48. The highest BCUT2D eigenvalue weighted by atomic mass is 32.2. The molecular formula is C24H32N3OS2+. The predicted octanol–water partition coefficient (Wildman–Crippen LogP) is 4.14. The third kappa shape index (κ3) is 4.36. The zero-order valence-electron chi connectivity index (χ0n) is 18.5. The van der Waals surface area contributed by atoms with Gasteiger partial charge in [0.15, 0.2) is 5.16 Å². The van der Waals surface area contributed by atoms with E-state index in [1.165, 1.54) is 10.4 Å². The summed E-state index contributed by atoms with van der Waals surface area (Å²) in [6.07, 6.45) is 3.25. The molecule has 1 aliphatic heterocycles. The van der Waals surface area contributed by atoms with E-state index >= 15 is 0 Å². The minimum Gasteiger partial charge on any atom is -0.326 e. The van der Waals surface area contributed by atoms with Crippen LogP contribution in [-0.4, -0.2) is 27.4 Å². The number of rotatable bonds is 6. The summed E-state index contributed by atoms with van der Waals surface area (Å²) in [4.78, 5) is 22.6. The molecule has 0 amide bonds. The van der Waals surface area contributed by atoms with E-state index in [0.29, 0.717) is 6.54 Å². The number of fused-ring (bicyclic) bond motifs is 3. The number of thiophene rings is 1. The molecule has 0 spiro atoms. The van der Waals surface area contributed by atoms with Gasteiger partial charge in [-0.05, 0) is 38.3 Å². The fourth-order valence-electron chi connectivity index (χ4n) is 4.10. The summed E-state index contributed by atoms with van der Waals surface area (Å²) in [6, 6.07) is 10.3. The number of hydrogen-bond donors (Lipinski definition) is 1. The van der Waals surface area contributed by atoms with E-state index in [2.05, 4.69) is 39.8 Å². The van der Waals surface area contributed by atoms with Crippen LogP contribution in [0.15, 0.2) is 40.3 Å². The van der Waals surface area contributed by atoms with Gasteiger partial charge in [0.2, 0.25) is 0 Å². The molecular weight excluding hydrogens is 410 g/mol. The normalized spacial score (nSPS) is 16.7. The number of benzene rings is 1. The number of unbranched alkanes of at least 4 members (excludes halogenated alkanes) is 1. The van der Waals surface area contributed by atoms with Crippen molar-refractivity contribution in [2.24, 2.45) is 0 Å². The molecule has 6 heteroatoms. The van der Waals surface area contributed by atoms with Crippen LogP contribution >= 0.6 is 23.1 Å². The fraction of sp³-hybridized carbons (Fsp3) is 0.500. The lowest BCUT2D eigenvalue weighted by Crippen LogP contribution is -3.18. The van der Waals surface area contributed by atoms with E-state index in [9.17, 15) is 4.79 Å². The number of thioether (sulfide) groups is 1. The van der Waals surface area contributed by atoms with Gasteiger partial charge in [-0.3, -0.25) is 9.36 Å². The third-order valence-corrected chi connectivity index (χ3v) is 8.17. The molecule has 160 valence electrons. The highest BCUT2D eigenvalue weighted by Crippen LogP contribution is 2.31. The SMILES string of the molecule is CCCCSc1nc2sc3c(c2c(=O)n1Cc1ccccc1)CC[NH+](C(C)(C)C)C3. The van der Waals surface area contributed by atoms with Gasteiger partial charge >= 0.3 is 0 Å². The quantitative estimate of drug-likeness (QED) is 0.354. The van der Waals surface area contributed by atoms with Crippen molar-refractivity contribution in [3.05, 3.63) is 56.7 Å². The van der Waals surface area contributed by atoms with Crippen LogP contribution in [0.4, 0.5) is 0 Å². The molecule has 3 aromatic rings. The molecule has 0 fully saturated rings. The minimum atomic E-state index is 0.138. The molecule has 0 aliphatic carbocycles. The van der Waals surface area contributed by atoms with Crippen LogP contribution in [0, 0.1) is 0 Å². The number of hydrogen-bond acceptors (Lipinski definition) is 4. The summed E-state index contributed by atoms with van der Waals surface area (Å²) < 4.78 is 1.91. The lowest BCUT2D eigenvalue weighted by molar-refractivity contribution is -0.961. The monoisotopic (exact) mass is 442 g/mol. The second-order valence-corrected chi connectivity index (χ2v) is 11.3.